The van der Waals surface area contributed by atoms with E-state index >= 15 is 0 Å². The van der Waals surface area contributed by atoms with Crippen LogP contribution >= 0.6 is 0 Å². The van der Waals surface area contributed by atoms with Gasteiger partial charge in [0.15, 0.2) is 0 Å². The van der Waals surface area contributed by atoms with E-state index in [9.17, 15) is 18.0 Å². The number of likely N-dealkylation sites (N-methyl/N-ethyl adjacent to an activating group) is 1. The largest absolute Gasteiger partial charge is 0.470 e. The molecule has 1 aromatic carbocycles. The Kier molecular flexibility index (Phi) is 5.58. The van der Waals surface area contributed by atoms with E-state index in [4.69, 9.17) is 0 Å². The number of halogens is 3. The molecule has 1 N–H and O–H groups in total. The highest BCUT2D eigenvalue weighted by Crippen LogP contribution is 2.28. The van der Waals surface area contributed by atoms with Crippen LogP contribution < -0.4 is 5.32 Å². The van der Waals surface area contributed by atoms with Gasteiger partial charge < -0.3 is 4.42 Å². The first-order valence-electron chi connectivity index (χ1n) is 7.29. The Morgan fingerprint density at radius 3 is 2.68 bits per heavy atom. The molecule has 0 saturated carbocycles. The van der Waals surface area contributed by atoms with E-state index in [1.54, 1.807) is 18.2 Å². The van der Waals surface area contributed by atoms with Gasteiger partial charge >= 0.3 is 18.1 Å². The van der Waals surface area contributed by atoms with Crippen LogP contribution in [0.15, 0.2) is 40.8 Å². The summed E-state index contributed by atoms with van der Waals surface area (Å²) in [6, 6.07) is 6.11. The summed E-state index contributed by atoms with van der Waals surface area (Å²) in [7, 11) is 1.92. The second kappa shape index (κ2) is 7.47. The van der Waals surface area contributed by atoms with Crippen molar-refractivity contribution in [3.05, 3.63) is 53.4 Å². The molecule has 0 aliphatic rings. The Hall–Kier alpha value is -2.68. The summed E-state index contributed by atoms with van der Waals surface area (Å²) in [6.45, 7) is 7.05. The summed E-state index contributed by atoms with van der Waals surface area (Å²) in [6.07, 6.45) is -4.76. The van der Waals surface area contributed by atoms with Crippen LogP contribution in [0.25, 0.3) is 0 Å². The molecule has 134 valence electrons. The van der Waals surface area contributed by atoms with Gasteiger partial charge in [0.1, 0.15) is 0 Å². The average Bonchev–Trinajstić information content (AvgIpc) is 2.95. The van der Waals surface area contributed by atoms with Crippen molar-refractivity contribution in [2.45, 2.75) is 19.6 Å². The lowest BCUT2D eigenvalue weighted by Gasteiger charge is -2.16. The Labute approximate surface area is 142 Å². The van der Waals surface area contributed by atoms with Crippen LogP contribution in [0, 0.1) is 0 Å². The van der Waals surface area contributed by atoms with E-state index < -0.39 is 24.0 Å². The van der Waals surface area contributed by atoms with Crippen LogP contribution in [0.4, 0.5) is 19.2 Å². The third kappa shape index (κ3) is 5.42. The standard InChI is InChI=1S/C16H17F3N4O2/c1-10(2)8-23(3)9-11-5-4-6-12(7-11)13(24)20-15-22-21-14(25-15)16(17,18)19/h4-7H,1,8-9H2,2-3H3,(H,20,22,24). The van der Waals surface area contributed by atoms with E-state index in [1.165, 1.54) is 0 Å². The third-order valence-corrected chi connectivity index (χ3v) is 3.07. The van der Waals surface area contributed by atoms with Crippen LogP contribution in [-0.4, -0.2) is 34.6 Å². The van der Waals surface area contributed by atoms with E-state index in [1.807, 2.05) is 24.9 Å². The fourth-order valence-electron chi connectivity index (χ4n) is 2.20. The molecule has 2 rings (SSSR count). The lowest BCUT2D eigenvalue weighted by molar-refractivity contribution is -0.156. The van der Waals surface area contributed by atoms with Crippen LogP contribution in [0.5, 0.6) is 0 Å². The Morgan fingerprint density at radius 2 is 2.08 bits per heavy atom. The molecule has 6 nitrogen and oxygen atoms in total. The summed E-state index contributed by atoms with van der Waals surface area (Å²) in [5.74, 6) is -2.15. The molecule has 0 atom stereocenters. The number of aromatic nitrogens is 2. The van der Waals surface area contributed by atoms with Gasteiger partial charge in [0, 0.05) is 18.7 Å². The first kappa shape index (κ1) is 18.7. The third-order valence-electron chi connectivity index (χ3n) is 3.07. The van der Waals surface area contributed by atoms with Crippen LogP contribution in [0.2, 0.25) is 0 Å². The molecule has 9 heteroatoms. The van der Waals surface area contributed by atoms with E-state index in [2.05, 4.69) is 26.5 Å². The zero-order chi connectivity index (χ0) is 18.6. The molecule has 25 heavy (non-hydrogen) atoms. The number of nitrogens with zero attached hydrogens (tertiary/aromatic N) is 3. The molecular weight excluding hydrogens is 337 g/mol. The first-order chi connectivity index (χ1) is 11.6. The monoisotopic (exact) mass is 354 g/mol. The molecule has 0 bridgehead atoms. The van der Waals surface area contributed by atoms with Crippen LogP contribution in [0.3, 0.4) is 0 Å². The lowest BCUT2D eigenvalue weighted by atomic mass is 10.1. The minimum absolute atomic E-state index is 0.271. The van der Waals surface area contributed by atoms with Crippen molar-refractivity contribution in [2.75, 3.05) is 18.9 Å². The normalized spacial score (nSPS) is 11.6. The van der Waals surface area contributed by atoms with Gasteiger partial charge in [-0.15, -0.1) is 5.10 Å². The number of nitrogens with one attached hydrogen (secondary N) is 1. The van der Waals surface area contributed by atoms with E-state index in [-0.39, 0.29) is 5.56 Å². The smallest absolute Gasteiger partial charge is 0.399 e. The number of rotatable bonds is 6. The summed E-state index contributed by atoms with van der Waals surface area (Å²) >= 11 is 0. The fraction of sp³-hybridized carbons (Fsp3) is 0.312. The van der Waals surface area contributed by atoms with Crippen LogP contribution in [-0.2, 0) is 12.7 Å². The molecule has 0 aliphatic heterocycles. The van der Waals surface area contributed by atoms with E-state index in [0.29, 0.717) is 13.1 Å². The van der Waals surface area contributed by atoms with Gasteiger partial charge in [0.05, 0.1) is 0 Å². The molecule has 1 aromatic heterocycles. The number of hydrogen-bond donors (Lipinski definition) is 1. The quantitative estimate of drug-likeness (QED) is 0.806. The fourth-order valence-corrected chi connectivity index (χ4v) is 2.20. The van der Waals surface area contributed by atoms with Gasteiger partial charge in [-0.3, -0.25) is 15.0 Å². The van der Waals surface area contributed by atoms with Crippen molar-refractivity contribution in [1.29, 1.82) is 0 Å². The van der Waals surface area contributed by atoms with Crippen LogP contribution in [0.1, 0.15) is 28.7 Å². The molecule has 1 heterocycles. The number of hydrogen-bond acceptors (Lipinski definition) is 5. The van der Waals surface area contributed by atoms with E-state index in [0.717, 1.165) is 11.1 Å². The van der Waals surface area contributed by atoms with Crippen molar-refractivity contribution >= 4 is 11.9 Å². The number of alkyl halides is 3. The molecule has 1 amide bonds. The molecule has 0 fully saturated rings. The number of anilines is 1. The lowest BCUT2D eigenvalue weighted by Crippen LogP contribution is -2.20. The Bertz CT molecular complexity index is 771. The van der Waals surface area contributed by atoms with Gasteiger partial charge in [0.2, 0.25) is 0 Å². The maximum atomic E-state index is 12.4. The predicted octanol–water partition coefficient (Wildman–Crippen LogP) is 3.35. The molecule has 0 spiro atoms. The van der Waals surface area contributed by atoms with Crippen molar-refractivity contribution in [3.8, 4) is 0 Å². The summed E-state index contributed by atoms with van der Waals surface area (Å²) < 4.78 is 41.6. The van der Waals surface area contributed by atoms with Crippen molar-refractivity contribution in [2.24, 2.45) is 0 Å². The van der Waals surface area contributed by atoms with Crippen molar-refractivity contribution in [1.82, 2.24) is 15.1 Å². The Morgan fingerprint density at radius 1 is 1.36 bits per heavy atom. The number of carbonyl (C=O) groups excluding carboxylic acids is 1. The van der Waals surface area contributed by atoms with Crippen molar-refractivity contribution in [3.63, 3.8) is 0 Å². The highest BCUT2D eigenvalue weighted by atomic mass is 19.4. The molecule has 0 radical (unpaired) electrons. The molecule has 0 aliphatic carbocycles. The summed E-state index contributed by atoms with van der Waals surface area (Å²) in [5, 5.41) is 8.17. The average molecular weight is 354 g/mol. The van der Waals surface area contributed by atoms with Gasteiger partial charge in [0.25, 0.3) is 5.91 Å². The van der Waals surface area contributed by atoms with Gasteiger partial charge in [-0.1, -0.05) is 29.4 Å². The highest BCUT2D eigenvalue weighted by molar-refractivity contribution is 6.03. The number of carbonyl (C=O) groups is 1. The number of benzene rings is 1. The zero-order valence-electron chi connectivity index (χ0n) is 13.7. The highest BCUT2D eigenvalue weighted by Gasteiger charge is 2.38. The second-order valence-electron chi connectivity index (χ2n) is 5.69. The SMILES string of the molecule is C=C(C)CN(C)Cc1cccc(C(=O)Nc2nnc(C(F)(F)F)o2)c1. The van der Waals surface area contributed by atoms with Crippen molar-refractivity contribution < 1.29 is 22.4 Å². The van der Waals surface area contributed by atoms with Gasteiger partial charge in [-0.2, -0.15) is 13.2 Å². The maximum Gasteiger partial charge on any atom is 0.470 e. The zero-order valence-corrected chi connectivity index (χ0v) is 13.7. The predicted molar refractivity (Wildman–Crippen MR) is 84.8 cm³/mol. The minimum Gasteiger partial charge on any atom is -0.399 e. The van der Waals surface area contributed by atoms with Gasteiger partial charge in [-0.25, -0.2) is 0 Å². The number of amides is 1. The molecule has 2 aromatic rings. The maximum absolute atomic E-state index is 12.4. The summed E-state index contributed by atoms with van der Waals surface area (Å²) in [5.41, 5.74) is 2.15. The molecule has 0 unspecified atom stereocenters. The van der Waals surface area contributed by atoms with Gasteiger partial charge in [-0.05, 0) is 31.7 Å². The minimum atomic E-state index is -4.76. The Balaban J connectivity index is 2.06. The first-order valence-corrected chi connectivity index (χ1v) is 7.29. The molecule has 0 saturated heterocycles. The summed E-state index contributed by atoms with van der Waals surface area (Å²) in [4.78, 5) is 14.2. The topological polar surface area (TPSA) is 71.3 Å². The molecular formula is C16H17F3N4O2. The second-order valence-corrected chi connectivity index (χ2v) is 5.69.